The van der Waals surface area contributed by atoms with Gasteiger partial charge in [-0.25, -0.2) is 9.59 Å². The number of hydrogen-bond acceptors (Lipinski definition) is 10. The Kier molecular flexibility index (Phi) is 13.6. The number of hydrogen-bond donors (Lipinski definition) is 6. The van der Waals surface area contributed by atoms with Crippen molar-refractivity contribution in [3.8, 4) is 0 Å². The van der Waals surface area contributed by atoms with Crippen molar-refractivity contribution in [1.82, 2.24) is 10.6 Å². The van der Waals surface area contributed by atoms with Crippen LogP contribution >= 0.6 is 0 Å². The van der Waals surface area contributed by atoms with Gasteiger partial charge in [0.1, 0.15) is 31.0 Å². The molecule has 0 saturated carbocycles. The third-order valence-electron chi connectivity index (χ3n) is 6.12. The predicted molar refractivity (Wildman–Crippen MR) is 135 cm³/mol. The zero-order valence-electron chi connectivity index (χ0n) is 21.9. The Labute approximate surface area is 226 Å². The molecule has 1 aliphatic rings. The molecule has 6 atom stereocenters. The number of aliphatic hydroxyl groups is 3. The van der Waals surface area contributed by atoms with Crippen LogP contribution in [0.3, 0.4) is 0 Å². The number of alkyl carbamates (subject to hydrolysis) is 1. The van der Waals surface area contributed by atoms with Crippen LogP contribution in [0, 0.1) is 0 Å². The molecule has 2 rings (SSSR count). The highest BCUT2D eigenvalue weighted by Gasteiger charge is 2.44. The van der Waals surface area contributed by atoms with Crippen LogP contribution < -0.4 is 10.6 Å². The van der Waals surface area contributed by atoms with Crippen molar-refractivity contribution in [3.05, 3.63) is 35.9 Å². The standard InChI is InChI=1S/C26H38N2O11/c1-16-21(32)22(33)23(34)25(38-16)39-24(35)18(28-26(36)37-15-17-9-3-2-4-10-17)11-7-8-14-27-19(29)12-5-6-13-20(30)31/h2-4,9-10,16,18,21-23,25,32-34H,5-8,11-15H2,1H3,(H,27,29)(H,28,36)(H,30,31)/t16-,18?,21+,22+,23-,25-/m0/s1. The summed E-state index contributed by atoms with van der Waals surface area (Å²) in [5.41, 5.74) is 0.741. The van der Waals surface area contributed by atoms with Crippen LogP contribution in [0.2, 0.25) is 0 Å². The number of amides is 2. The molecule has 1 aromatic rings. The lowest BCUT2D eigenvalue weighted by Gasteiger charge is -2.38. The monoisotopic (exact) mass is 554 g/mol. The molecule has 1 saturated heterocycles. The molecule has 39 heavy (non-hydrogen) atoms. The minimum atomic E-state index is -1.70. The molecule has 6 N–H and O–H groups in total. The fraction of sp³-hybridized carbons (Fsp3) is 0.615. The number of ether oxygens (including phenoxy) is 3. The lowest BCUT2D eigenvalue weighted by atomic mass is 10.00. The van der Waals surface area contributed by atoms with Gasteiger partial charge in [-0.1, -0.05) is 30.3 Å². The highest BCUT2D eigenvalue weighted by Crippen LogP contribution is 2.22. The molecular weight excluding hydrogens is 516 g/mol. The second kappa shape index (κ2) is 16.6. The number of rotatable bonds is 15. The van der Waals surface area contributed by atoms with Crippen molar-refractivity contribution in [3.63, 3.8) is 0 Å². The molecule has 2 amide bonds. The second-order valence-electron chi connectivity index (χ2n) is 9.32. The Hall–Kier alpha value is -3.26. The number of carboxylic acid groups (broad SMARTS) is 1. The summed E-state index contributed by atoms with van der Waals surface area (Å²) in [6, 6.07) is 7.73. The number of carbonyl (C=O) groups excluding carboxylic acids is 3. The topological polar surface area (TPSA) is 201 Å². The van der Waals surface area contributed by atoms with Crippen molar-refractivity contribution < 1.29 is 53.8 Å². The quantitative estimate of drug-likeness (QED) is 0.131. The molecule has 0 radical (unpaired) electrons. The minimum Gasteiger partial charge on any atom is -0.481 e. The van der Waals surface area contributed by atoms with Crippen LogP contribution in [0.1, 0.15) is 57.4 Å². The molecule has 1 fully saturated rings. The number of nitrogens with one attached hydrogen (secondary N) is 2. The van der Waals surface area contributed by atoms with E-state index in [0.717, 1.165) is 5.56 Å². The Bertz CT molecular complexity index is 930. The van der Waals surface area contributed by atoms with E-state index in [2.05, 4.69) is 10.6 Å². The van der Waals surface area contributed by atoms with E-state index >= 15 is 0 Å². The Morgan fingerprint density at radius 1 is 0.949 bits per heavy atom. The van der Waals surface area contributed by atoms with E-state index in [9.17, 15) is 34.5 Å². The normalized spacial score (nSPS) is 23.3. The third kappa shape index (κ3) is 11.6. The fourth-order valence-electron chi connectivity index (χ4n) is 3.81. The molecule has 13 nitrogen and oxygen atoms in total. The summed E-state index contributed by atoms with van der Waals surface area (Å²) in [7, 11) is 0. The van der Waals surface area contributed by atoms with Crippen LogP contribution in [0.4, 0.5) is 4.79 Å². The van der Waals surface area contributed by atoms with Gasteiger partial charge in [0.2, 0.25) is 12.2 Å². The van der Waals surface area contributed by atoms with Gasteiger partial charge in [-0.3, -0.25) is 9.59 Å². The molecule has 0 bridgehead atoms. The van der Waals surface area contributed by atoms with Crippen molar-refractivity contribution >= 4 is 23.9 Å². The molecule has 1 unspecified atom stereocenters. The molecular formula is C26H38N2O11. The molecule has 1 heterocycles. The summed E-state index contributed by atoms with van der Waals surface area (Å²) in [4.78, 5) is 47.7. The van der Waals surface area contributed by atoms with Crippen molar-refractivity contribution in [2.75, 3.05) is 6.54 Å². The second-order valence-corrected chi connectivity index (χ2v) is 9.32. The van der Waals surface area contributed by atoms with Gasteiger partial charge in [-0.15, -0.1) is 0 Å². The highest BCUT2D eigenvalue weighted by molar-refractivity contribution is 5.81. The van der Waals surface area contributed by atoms with E-state index in [1.165, 1.54) is 6.92 Å². The van der Waals surface area contributed by atoms with Crippen LogP contribution in [0.15, 0.2) is 30.3 Å². The molecule has 0 aromatic heterocycles. The summed E-state index contributed by atoms with van der Waals surface area (Å²) < 4.78 is 15.7. The predicted octanol–water partition coefficient (Wildman–Crippen LogP) is 0.584. The lowest BCUT2D eigenvalue weighted by Crippen LogP contribution is -2.58. The van der Waals surface area contributed by atoms with Crippen LogP contribution in [0.5, 0.6) is 0 Å². The first-order chi connectivity index (χ1) is 18.6. The van der Waals surface area contributed by atoms with Gasteiger partial charge in [0.05, 0.1) is 6.10 Å². The zero-order valence-corrected chi connectivity index (χ0v) is 21.9. The average molecular weight is 555 g/mol. The van der Waals surface area contributed by atoms with E-state index in [1.807, 2.05) is 6.07 Å². The number of aliphatic hydroxyl groups excluding tert-OH is 3. The number of benzene rings is 1. The maximum absolute atomic E-state index is 12.9. The van der Waals surface area contributed by atoms with Crippen molar-refractivity contribution in [1.29, 1.82) is 0 Å². The van der Waals surface area contributed by atoms with Crippen molar-refractivity contribution in [2.45, 2.75) is 95.2 Å². The summed E-state index contributed by atoms with van der Waals surface area (Å²) >= 11 is 0. The van der Waals surface area contributed by atoms with E-state index in [1.54, 1.807) is 24.3 Å². The number of esters is 1. The summed E-state index contributed by atoms with van der Waals surface area (Å²) in [5.74, 6) is -2.06. The van der Waals surface area contributed by atoms with E-state index in [4.69, 9.17) is 19.3 Å². The maximum atomic E-state index is 12.9. The third-order valence-corrected chi connectivity index (χ3v) is 6.12. The average Bonchev–Trinajstić information content (AvgIpc) is 2.91. The first kappa shape index (κ1) is 32.0. The zero-order chi connectivity index (χ0) is 28.8. The van der Waals surface area contributed by atoms with Crippen LogP contribution in [-0.2, 0) is 35.2 Å². The molecule has 13 heteroatoms. The fourth-order valence-corrected chi connectivity index (χ4v) is 3.81. The Balaban J connectivity index is 1.87. The summed E-state index contributed by atoms with van der Waals surface area (Å²) in [5, 5.41) is 43.8. The number of carboxylic acids is 1. The van der Waals surface area contributed by atoms with Gasteiger partial charge in [-0.05, 0) is 44.6 Å². The number of aliphatic carboxylic acids is 1. The molecule has 0 aliphatic carbocycles. The van der Waals surface area contributed by atoms with Gasteiger partial charge >= 0.3 is 18.0 Å². The van der Waals surface area contributed by atoms with E-state index < -0.39 is 54.8 Å². The number of carbonyl (C=O) groups is 4. The van der Waals surface area contributed by atoms with Crippen LogP contribution in [0.25, 0.3) is 0 Å². The SMILES string of the molecule is C[C@@H]1O[C@@H](OC(=O)C(CCCCNC(=O)CCCCC(=O)O)NC(=O)OCc2ccccc2)[C@@H](O)[C@H](O)[C@@H]1O. The Morgan fingerprint density at radius 2 is 1.64 bits per heavy atom. The molecule has 1 aliphatic heterocycles. The van der Waals surface area contributed by atoms with Gasteiger partial charge in [0.25, 0.3) is 0 Å². The van der Waals surface area contributed by atoms with Gasteiger partial charge in [-0.2, -0.15) is 0 Å². The van der Waals surface area contributed by atoms with E-state index in [-0.39, 0.29) is 31.8 Å². The Morgan fingerprint density at radius 3 is 2.33 bits per heavy atom. The molecule has 0 spiro atoms. The van der Waals surface area contributed by atoms with Gasteiger partial charge in [0, 0.05) is 19.4 Å². The van der Waals surface area contributed by atoms with Gasteiger partial charge < -0.3 is 45.3 Å². The summed E-state index contributed by atoms with van der Waals surface area (Å²) in [6.45, 7) is 1.72. The highest BCUT2D eigenvalue weighted by atomic mass is 16.7. The molecule has 218 valence electrons. The smallest absolute Gasteiger partial charge is 0.408 e. The lowest BCUT2D eigenvalue weighted by molar-refractivity contribution is -0.285. The summed E-state index contributed by atoms with van der Waals surface area (Å²) in [6.07, 6.45) is -5.96. The number of unbranched alkanes of at least 4 members (excludes halogenated alkanes) is 2. The van der Waals surface area contributed by atoms with E-state index in [0.29, 0.717) is 32.2 Å². The maximum Gasteiger partial charge on any atom is 0.408 e. The first-order valence-corrected chi connectivity index (χ1v) is 12.9. The van der Waals surface area contributed by atoms with Crippen molar-refractivity contribution in [2.24, 2.45) is 0 Å². The first-order valence-electron chi connectivity index (χ1n) is 12.9. The van der Waals surface area contributed by atoms with Crippen LogP contribution in [-0.4, -0.2) is 87.7 Å². The largest absolute Gasteiger partial charge is 0.481 e. The molecule has 1 aromatic carbocycles. The van der Waals surface area contributed by atoms with Gasteiger partial charge in [0.15, 0.2) is 0 Å². The minimum absolute atomic E-state index is 0.00688.